The van der Waals surface area contributed by atoms with E-state index < -0.39 is 0 Å². The molecule has 0 radical (unpaired) electrons. The number of benzene rings is 2. The Morgan fingerprint density at radius 1 is 0.933 bits per heavy atom. The highest BCUT2D eigenvalue weighted by Crippen LogP contribution is 2.24. The van der Waals surface area contributed by atoms with E-state index >= 15 is 0 Å². The topological polar surface area (TPSA) is 0 Å². The number of fused-ring (bicyclic) bond motifs is 3. The lowest BCUT2D eigenvalue weighted by Gasteiger charge is -1.96. The summed E-state index contributed by atoms with van der Waals surface area (Å²) < 4.78 is 15.9. The van der Waals surface area contributed by atoms with Crippen LogP contribution in [0.4, 0.5) is 4.39 Å². The maximum Gasteiger partial charge on any atom is 0.359 e. The van der Waals surface area contributed by atoms with Crippen LogP contribution in [0.1, 0.15) is 5.56 Å². The molecule has 0 amide bonds. The molecule has 0 unspecified atom stereocenters. The minimum absolute atomic E-state index is 0.0895. The molecule has 0 aliphatic carbocycles. The maximum absolute atomic E-state index is 13.2. The predicted octanol–water partition coefficient (Wildman–Crippen LogP) is 0.243. The van der Waals surface area contributed by atoms with Crippen LogP contribution in [0.2, 0.25) is 0 Å². The molecule has 74 valence electrons. The fourth-order valence-electron chi connectivity index (χ4n) is 1.82. The molecule has 2 heteroatoms. The van der Waals surface area contributed by atoms with E-state index in [0.29, 0.717) is 0 Å². The summed E-state index contributed by atoms with van der Waals surface area (Å²) in [7, 11) is 0. The second kappa shape index (κ2) is 3.30. The van der Waals surface area contributed by atoms with Gasteiger partial charge in [-0.2, -0.15) is 0 Å². The van der Waals surface area contributed by atoms with Crippen LogP contribution in [0, 0.1) is 19.9 Å². The number of hydrogen-bond acceptors (Lipinski definition) is 0. The zero-order chi connectivity index (χ0) is 10.4. The summed E-state index contributed by atoms with van der Waals surface area (Å²) in [6.45, 7) is 2.08. The normalized spacial score (nSPS) is 12.4. The quantitative estimate of drug-likeness (QED) is 0.522. The van der Waals surface area contributed by atoms with Crippen molar-refractivity contribution in [2.24, 2.45) is 0 Å². The number of halogens is 2. The van der Waals surface area contributed by atoms with Gasteiger partial charge in [0.1, 0.15) is 5.82 Å². The van der Waals surface area contributed by atoms with E-state index in [1.54, 1.807) is 12.1 Å². The second-order valence-corrected chi connectivity index (χ2v) is 6.57. The molecule has 3 rings (SSSR count). The Labute approximate surface area is 98.4 Å². The first-order valence-corrected chi connectivity index (χ1v) is 6.95. The molecule has 0 saturated carbocycles. The summed E-state index contributed by atoms with van der Waals surface area (Å²) in [5.74, 6) is -0.132. The molecule has 0 spiro atoms. The molecule has 15 heavy (non-hydrogen) atoms. The zero-order valence-electron chi connectivity index (χ0n) is 8.22. The molecule has 0 aromatic heterocycles. The highest BCUT2D eigenvalue weighted by molar-refractivity contribution is 5.65. The Hall–Kier alpha value is -0.900. The summed E-state index contributed by atoms with van der Waals surface area (Å²) in [4.78, 5) is 0. The molecule has 2 aromatic carbocycles. The average Bonchev–Trinajstić information content (AvgIpc) is 2.56. The van der Waals surface area contributed by atoms with E-state index in [1.807, 2.05) is 6.07 Å². The van der Waals surface area contributed by atoms with Crippen molar-refractivity contribution >= 4 is 0 Å². The van der Waals surface area contributed by atoms with Crippen molar-refractivity contribution in [1.82, 2.24) is 0 Å². The van der Waals surface area contributed by atoms with Gasteiger partial charge >= 0.3 is 21.2 Å². The van der Waals surface area contributed by atoms with E-state index in [9.17, 15) is 4.39 Å². The molecular weight excluding hydrogens is 302 g/mol. The molecule has 0 nitrogen and oxygen atoms in total. The Bertz CT molecular complexity index is 497. The molecule has 2 aromatic rings. The van der Waals surface area contributed by atoms with Crippen molar-refractivity contribution in [3.63, 3.8) is 0 Å². The highest BCUT2D eigenvalue weighted by atomic mass is 127. The molecule has 1 aliphatic rings. The number of rotatable bonds is 0. The molecule has 1 aliphatic heterocycles. The van der Waals surface area contributed by atoms with E-state index in [0.717, 1.165) is 5.56 Å². The van der Waals surface area contributed by atoms with E-state index in [4.69, 9.17) is 0 Å². The molecule has 1 heterocycles. The summed E-state index contributed by atoms with van der Waals surface area (Å²) in [6.07, 6.45) is 0. The van der Waals surface area contributed by atoms with Gasteiger partial charge in [-0.15, -0.1) is 0 Å². The average molecular weight is 311 g/mol. The van der Waals surface area contributed by atoms with Gasteiger partial charge in [0, 0.05) is 11.1 Å². The van der Waals surface area contributed by atoms with Crippen LogP contribution in [-0.2, 0) is 0 Å². The van der Waals surface area contributed by atoms with Crippen LogP contribution in [-0.4, -0.2) is 0 Å². The standard InChI is InChI=1S/C13H9FI/c1-8-2-4-12-10(6-8)11-7-9(14)3-5-13(11)15-12/h2-7H,1H3/q+1. The largest absolute Gasteiger partial charge is 0.359 e. The smallest absolute Gasteiger partial charge is 0.207 e. The van der Waals surface area contributed by atoms with Crippen molar-refractivity contribution in [3.8, 4) is 11.1 Å². The lowest BCUT2D eigenvalue weighted by Crippen LogP contribution is -3.61. The molecule has 0 bridgehead atoms. The van der Waals surface area contributed by atoms with Crippen LogP contribution >= 0.6 is 0 Å². The van der Waals surface area contributed by atoms with Gasteiger partial charge in [-0.05, 0) is 37.3 Å². The van der Waals surface area contributed by atoms with Crippen LogP contribution in [0.5, 0.6) is 0 Å². The summed E-state index contributed by atoms with van der Waals surface area (Å²) >= 11 is -0.0895. The van der Waals surface area contributed by atoms with Crippen LogP contribution in [0.3, 0.4) is 0 Å². The minimum Gasteiger partial charge on any atom is -0.207 e. The molecule has 0 atom stereocenters. The van der Waals surface area contributed by atoms with Crippen LogP contribution in [0.25, 0.3) is 11.1 Å². The van der Waals surface area contributed by atoms with Crippen molar-refractivity contribution in [2.45, 2.75) is 6.92 Å². The number of hydrogen-bond donors (Lipinski definition) is 0. The van der Waals surface area contributed by atoms with Gasteiger partial charge in [0.2, 0.25) is 7.14 Å². The number of aryl methyl sites for hydroxylation is 1. The SMILES string of the molecule is Cc1ccc2c(c1)-c1cc(F)ccc1[I+]2. The first-order chi connectivity index (χ1) is 7.24. The van der Waals surface area contributed by atoms with Gasteiger partial charge in [-0.3, -0.25) is 0 Å². The molecule has 0 N–H and O–H groups in total. The van der Waals surface area contributed by atoms with Crippen molar-refractivity contribution < 1.29 is 25.6 Å². The van der Waals surface area contributed by atoms with Crippen LogP contribution in [0.15, 0.2) is 36.4 Å². The van der Waals surface area contributed by atoms with Gasteiger partial charge in [-0.1, -0.05) is 11.6 Å². The molecule has 0 fully saturated rings. The Morgan fingerprint density at radius 2 is 1.60 bits per heavy atom. The Balaban J connectivity index is 2.28. The van der Waals surface area contributed by atoms with Gasteiger partial charge in [0.05, 0.1) is 0 Å². The predicted molar refractivity (Wildman–Crippen MR) is 54.0 cm³/mol. The highest BCUT2D eigenvalue weighted by Gasteiger charge is 2.33. The van der Waals surface area contributed by atoms with Gasteiger partial charge in [-0.25, -0.2) is 4.39 Å². The van der Waals surface area contributed by atoms with Gasteiger partial charge in [0.25, 0.3) is 0 Å². The third-order valence-corrected chi connectivity index (χ3v) is 5.59. The van der Waals surface area contributed by atoms with E-state index in [1.165, 1.54) is 18.3 Å². The van der Waals surface area contributed by atoms with E-state index in [-0.39, 0.29) is 27.0 Å². The third-order valence-electron chi connectivity index (χ3n) is 2.54. The molecule has 0 saturated heterocycles. The summed E-state index contributed by atoms with van der Waals surface area (Å²) in [6, 6.07) is 11.7. The van der Waals surface area contributed by atoms with Crippen molar-refractivity contribution in [1.29, 1.82) is 0 Å². The Morgan fingerprint density at radius 3 is 2.40 bits per heavy atom. The van der Waals surface area contributed by atoms with Gasteiger partial charge in [0.15, 0.2) is 0 Å². The van der Waals surface area contributed by atoms with Gasteiger partial charge < -0.3 is 0 Å². The zero-order valence-corrected chi connectivity index (χ0v) is 10.4. The van der Waals surface area contributed by atoms with E-state index in [2.05, 4.69) is 25.1 Å². The Kier molecular flexibility index (Phi) is 2.06. The first kappa shape index (κ1) is 9.33. The fraction of sp³-hybridized carbons (Fsp3) is 0.0769. The molecular formula is C13H9FI+. The maximum atomic E-state index is 13.2. The fourth-order valence-corrected chi connectivity index (χ4v) is 4.64. The lowest BCUT2D eigenvalue weighted by molar-refractivity contribution is -0.589. The third kappa shape index (κ3) is 1.47. The first-order valence-electron chi connectivity index (χ1n) is 4.79. The lowest BCUT2D eigenvalue weighted by atomic mass is 10.0. The second-order valence-electron chi connectivity index (χ2n) is 3.70. The monoisotopic (exact) mass is 311 g/mol. The van der Waals surface area contributed by atoms with Crippen molar-refractivity contribution in [3.05, 3.63) is 54.9 Å². The summed E-state index contributed by atoms with van der Waals surface area (Å²) in [5.41, 5.74) is 3.61. The summed E-state index contributed by atoms with van der Waals surface area (Å²) in [5, 5.41) is 0. The van der Waals surface area contributed by atoms with Crippen molar-refractivity contribution in [2.75, 3.05) is 0 Å². The minimum atomic E-state index is -0.132. The van der Waals surface area contributed by atoms with Crippen LogP contribution < -0.4 is 21.2 Å².